The Bertz CT molecular complexity index is 258. The first-order valence-electron chi connectivity index (χ1n) is 5.70. The molecule has 0 aliphatic carbocycles. The highest BCUT2D eigenvalue weighted by molar-refractivity contribution is 5.88. The zero-order valence-electron chi connectivity index (χ0n) is 11.8. The van der Waals surface area contributed by atoms with Gasteiger partial charge in [0.05, 0.1) is 0 Å². The molecule has 0 spiro atoms. The molecule has 0 fully saturated rings. The number of rotatable bonds is 1. The van der Waals surface area contributed by atoms with Gasteiger partial charge in [-0.25, -0.2) is 14.5 Å². The molecular formula is C12H23NO4. The molecule has 5 nitrogen and oxygen atoms in total. The van der Waals surface area contributed by atoms with Crippen LogP contribution in [0.3, 0.4) is 0 Å². The summed E-state index contributed by atoms with van der Waals surface area (Å²) in [5.41, 5.74) is -1.26. The second-order valence-corrected chi connectivity index (χ2v) is 5.70. The van der Waals surface area contributed by atoms with Crippen LogP contribution < -0.4 is 0 Å². The lowest BCUT2D eigenvalue weighted by Crippen LogP contribution is -2.43. The molecule has 0 saturated heterocycles. The summed E-state index contributed by atoms with van der Waals surface area (Å²) in [4.78, 5) is 24.4. The van der Waals surface area contributed by atoms with Crippen molar-refractivity contribution < 1.29 is 19.1 Å². The minimum absolute atomic E-state index is 0.212. The van der Waals surface area contributed by atoms with Gasteiger partial charge >= 0.3 is 12.2 Å². The van der Waals surface area contributed by atoms with Crippen LogP contribution >= 0.6 is 0 Å². The highest BCUT2D eigenvalue weighted by atomic mass is 16.6. The minimum Gasteiger partial charge on any atom is -0.443 e. The summed E-state index contributed by atoms with van der Waals surface area (Å²) in [5.74, 6) is 0. The maximum atomic E-state index is 11.7. The molecular weight excluding hydrogens is 222 g/mol. The summed E-state index contributed by atoms with van der Waals surface area (Å²) in [5, 5.41) is 0. The van der Waals surface area contributed by atoms with Gasteiger partial charge in [0.1, 0.15) is 11.2 Å². The van der Waals surface area contributed by atoms with Crippen LogP contribution in [0.5, 0.6) is 0 Å². The van der Waals surface area contributed by atoms with Crippen LogP contribution in [-0.2, 0) is 9.47 Å². The fraction of sp³-hybridized carbons (Fsp3) is 0.833. The Labute approximate surface area is 103 Å². The van der Waals surface area contributed by atoms with Crippen molar-refractivity contribution in [3.05, 3.63) is 0 Å². The molecule has 2 amide bonds. The summed E-state index contributed by atoms with van der Waals surface area (Å²) < 4.78 is 10.2. The maximum absolute atomic E-state index is 11.7. The van der Waals surface area contributed by atoms with Crippen LogP contribution in [0.1, 0.15) is 48.5 Å². The molecule has 100 valence electrons. The normalized spacial score (nSPS) is 11.9. The highest BCUT2D eigenvalue weighted by Crippen LogP contribution is 2.14. The summed E-state index contributed by atoms with van der Waals surface area (Å²) in [7, 11) is 0. The van der Waals surface area contributed by atoms with Crippen LogP contribution in [-0.4, -0.2) is 34.8 Å². The lowest BCUT2D eigenvalue weighted by molar-refractivity contribution is 0.00256. The summed E-state index contributed by atoms with van der Waals surface area (Å²) in [6.45, 7) is 12.4. The minimum atomic E-state index is -0.686. The third-order valence-electron chi connectivity index (χ3n) is 1.54. The third-order valence-corrected chi connectivity index (χ3v) is 1.54. The molecule has 0 saturated carbocycles. The van der Waals surface area contributed by atoms with Gasteiger partial charge in [0.15, 0.2) is 0 Å². The predicted octanol–water partition coefficient (Wildman–Crippen LogP) is 3.18. The first kappa shape index (κ1) is 15.7. The lowest BCUT2D eigenvalue weighted by atomic mass is 10.2. The Morgan fingerprint density at radius 3 is 1.35 bits per heavy atom. The smallest absolute Gasteiger partial charge is 0.419 e. The molecule has 0 unspecified atom stereocenters. The molecule has 0 N–H and O–H groups in total. The van der Waals surface area contributed by atoms with Crippen molar-refractivity contribution in [2.45, 2.75) is 59.7 Å². The Morgan fingerprint density at radius 2 is 1.18 bits per heavy atom. The summed E-state index contributed by atoms with van der Waals surface area (Å²) >= 11 is 0. The van der Waals surface area contributed by atoms with E-state index in [-0.39, 0.29) is 6.54 Å². The SMILES string of the molecule is CCN(C(=O)OC(C)(C)C)C(=O)OC(C)(C)C. The number of nitrogens with zero attached hydrogens (tertiary/aromatic N) is 1. The fourth-order valence-corrected chi connectivity index (χ4v) is 0.967. The third kappa shape index (κ3) is 6.81. The Kier molecular flexibility index (Phi) is 4.98. The second-order valence-electron chi connectivity index (χ2n) is 5.70. The van der Waals surface area contributed by atoms with Crippen molar-refractivity contribution in [1.29, 1.82) is 0 Å². The van der Waals surface area contributed by atoms with Gasteiger partial charge in [0.2, 0.25) is 0 Å². The average Bonchev–Trinajstić information content (AvgIpc) is 1.96. The number of amides is 2. The van der Waals surface area contributed by atoms with Crippen LogP contribution in [0, 0.1) is 0 Å². The molecule has 5 heteroatoms. The first-order chi connectivity index (χ1) is 7.46. The number of carbonyl (C=O) groups excluding carboxylic acids is 2. The van der Waals surface area contributed by atoms with Crippen molar-refractivity contribution in [2.75, 3.05) is 6.54 Å². The van der Waals surface area contributed by atoms with Crippen LogP contribution in [0.2, 0.25) is 0 Å². The number of ether oxygens (including phenoxy) is 2. The molecule has 0 aliphatic rings. The molecule has 0 aromatic rings. The Morgan fingerprint density at radius 1 is 0.882 bits per heavy atom. The average molecular weight is 245 g/mol. The van der Waals surface area contributed by atoms with Gasteiger partial charge in [0.25, 0.3) is 0 Å². The fourth-order valence-electron chi connectivity index (χ4n) is 0.967. The van der Waals surface area contributed by atoms with E-state index in [9.17, 15) is 9.59 Å². The van der Waals surface area contributed by atoms with Crippen molar-refractivity contribution in [3.63, 3.8) is 0 Å². The van der Waals surface area contributed by atoms with Gasteiger partial charge in [0, 0.05) is 6.54 Å². The predicted molar refractivity (Wildman–Crippen MR) is 64.8 cm³/mol. The van der Waals surface area contributed by atoms with Crippen molar-refractivity contribution in [3.8, 4) is 0 Å². The summed E-state index contributed by atoms with van der Waals surface area (Å²) in [6, 6.07) is 0. The first-order valence-corrected chi connectivity index (χ1v) is 5.70. The van der Waals surface area contributed by atoms with E-state index in [2.05, 4.69) is 0 Å². The van der Waals surface area contributed by atoms with E-state index in [4.69, 9.17) is 9.47 Å². The van der Waals surface area contributed by atoms with Crippen LogP contribution in [0.15, 0.2) is 0 Å². The van der Waals surface area contributed by atoms with Gasteiger partial charge in [-0.3, -0.25) is 0 Å². The van der Waals surface area contributed by atoms with E-state index < -0.39 is 23.4 Å². The highest BCUT2D eigenvalue weighted by Gasteiger charge is 2.29. The van der Waals surface area contributed by atoms with E-state index in [0.29, 0.717) is 0 Å². The van der Waals surface area contributed by atoms with E-state index in [1.807, 2.05) is 0 Å². The van der Waals surface area contributed by atoms with Crippen molar-refractivity contribution in [2.24, 2.45) is 0 Å². The standard InChI is InChI=1S/C12H23NO4/c1-8-13(9(14)16-11(2,3)4)10(15)17-12(5,6)7/h8H2,1-7H3. The van der Waals surface area contributed by atoms with E-state index in [0.717, 1.165) is 4.90 Å². The lowest BCUT2D eigenvalue weighted by Gasteiger charge is -2.27. The number of hydrogen-bond acceptors (Lipinski definition) is 4. The quantitative estimate of drug-likeness (QED) is 0.712. The molecule has 0 atom stereocenters. The maximum Gasteiger partial charge on any atom is 0.419 e. The molecule has 0 radical (unpaired) electrons. The topological polar surface area (TPSA) is 55.8 Å². The molecule has 0 aromatic heterocycles. The Hall–Kier alpha value is -1.26. The van der Waals surface area contributed by atoms with Crippen molar-refractivity contribution in [1.82, 2.24) is 4.90 Å². The molecule has 0 rings (SSSR count). The van der Waals surface area contributed by atoms with Gasteiger partial charge in [-0.1, -0.05) is 0 Å². The van der Waals surface area contributed by atoms with Gasteiger partial charge in [-0.15, -0.1) is 0 Å². The number of carbonyl (C=O) groups is 2. The van der Waals surface area contributed by atoms with Crippen LogP contribution in [0.25, 0.3) is 0 Å². The Balaban J connectivity index is 4.62. The molecule has 0 bridgehead atoms. The van der Waals surface area contributed by atoms with E-state index in [1.54, 1.807) is 48.5 Å². The second kappa shape index (κ2) is 5.38. The summed E-state index contributed by atoms with van der Waals surface area (Å²) in [6.07, 6.45) is -1.37. The molecule has 0 aromatic carbocycles. The van der Waals surface area contributed by atoms with Gasteiger partial charge < -0.3 is 9.47 Å². The number of hydrogen-bond donors (Lipinski definition) is 0. The molecule has 17 heavy (non-hydrogen) atoms. The molecule has 0 aliphatic heterocycles. The van der Waals surface area contributed by atoms with Gasteiger partial charge in [-0.2, -0.15) is 0 Å². The van der Waals surface area contributed by atoms with E-state index >= 15 is 0 Å². The van der Waals surface area contributed by atoms with Crippen molar-refractivity contribution >= 4 is 12.2 Å². The van der Waals surface area contributed by atoms with Crippen LogP contribution in [0.4, 0.5) is 9.59 Å². The monoisotopic (exact) mass is 245 g/mol. The molecule has 0 heterocycles. The van der Waals surface area contributed by atoms with E-state index in [1.165, 1.54) is 0 Å². The largest absolute Gasteiger partial charge is 0.443 e. The van der Waals surface area contributed by atoms with Gasteiger partial charge in [-0.05, 0) is 48.5 Å². The zero-order valence-corrected chi connectivity index (χ0v) is 11.8. The zero-order chi connectivity index (χ0) is 13.9. The number of imide groups is 1.